The molecule has 0 amide bonds. The lowest BCUT2D eigenvalue weighted by molar-refractivity contribution is 0.0696. The third-order valence-electron chi connectivity index (χ3n) is 2.72. The van der Waals surface area contributed by atoms with Gasteiger partial charge in [-0.15, -0.1) is 0 Å². The fraction of sp³-hybridized carbons (Fsp3) is 0.133. The lowest BCUT2D eigenvalue weighted by Crippen LogP contribution is -2.28. The molecule has 2 aromatic rings. The van der Waals surface area contributed by atoms with Crippen molar-refractivity contribution < 1.29 is 18.7 Å². The number of rotatable bonds is 5. The first kappa shape index (κ1) is 16.5. The largest absolute Gasteiger partial charge is 0.493 e. The molecule has 8 heteroatoms. The number of nitrogens with zero attached hydrogens (tertiary/aromatic N) is 1. The molecule has 0 unspecified atom stereocenters. The summed E-state index contributed by atoms with van der Waals surface area (Å²) in [6.07, 6.45) is 2.96. The number of benzene rings is 1. The van der Waals surface area contributed by atoms with E-state index < -0.39 is 5.97 Å². The van der Waals surface area contributed by atoms with Gasteiger partial charge in [0.05, 0.1) is 19.6 Å². The number of nitrogens with one attached hydrogen (secondary N) is 2. The van der Waals surface area contributed by atoms with Crippen LogP contribution in [0.5, 0.6) is 11.5 Å². The van der Waals surface area contributed by atoms with Crippen LogP contribution in [0, 0.1) is 0 Å². The molecular formula is C15H15N3O4S. The molecule has 120 valence electrons. The predicted molar refractivity (Wildman–Crippen MR) is 89.0 cm³/mol. The minimum Gasteiger partial charge on any atom is -0.493 e. The van der Waals surface area contributed by atoms with E-state index in [1.807, 2.05) is 0 Å². The summed E-state index contributed by atoms with van der Waals surface area (Å²) in [5.41, 5.74) is 3.38. The first-order valence-corrected chi connectivity index (χ1v) is 6.99. The molecule has 0 bridgehead atoms. The van der Waals surface area contributed by atoms with Crippen LogP contribution < -0.4 is 20.2 Å². The van der Waals surface area contributed by atoms with E-state index in [9.17, 15) is 4.79 Å². The summed E-state index contributed by atoms with van der Waals surface area (Å²) < 4.78 is 15.5. The SMILES string of the molecule is CNC(=S)N/N=C\c1ccc(OC(=O)c2ccco2)c(OC)c1. The quantitative estimate of drug-likeness (QED) is 0.284. The van der Waals surface area contributed by atoms with E-state index in [2.05, 4.69) is 15.8 Å². The van der Waals surface area contributed by atoms with Crippen molar-refractivity contribution in [3.63, 3.8) is 0 Å². The molecule has 0 aliphatic carbocycles. The van der Waals surface area contributed by atoms with Gasteiger partial charge in [0, 0.05) is 7.05 Å². The Hall–Kier alpha value is -2.87. The summed E-state index contributed by atoms with van der Waals surface area (Å²) in [4.78, 5) is 11.9. The van der Waals surface area contributed by atoms with E-state index in [0.29, 0.717) is 10.9 Å². The summed E-state index contributed by atoms with van der Waals surface area (Å²) in [5, 5.41) is 7.10. The first-order valence-electron chi connectivity index (χ1n) is 6.58. The monoisotopic (exact) mass is 333 g/mol. The van der Waals surface area contributed by atoms with Crippen LogP contribution in [0.15, 0.2) is 46.1 Å². The number of thiocarbonyl (C=S) groups is 1. The number of hydrogen-bond acceptors (Lipinski definition) is 6. The van der Waals surface area contributed by atoms with Crippen LogP contribution in [0.4, 0.5) is 0 Å². The Morgan fingerprint density at radius 2 is 2.17 bits per heavy atom. The zero-order valence-electron chi connectivity index (χ0n) is 12.5. The zero-order valence-corrected chi connectivity index (χ0v) is 13.3. The Labute approximate surface area is 138 Å². The summed E-state index contributed by atoms with van der Waals surface area (Å²) >= 11 is 4.90. The Morgan fingerprint density at radius 3 is 2.83 bits per heavy atom. The van der Waals surface area contributed by atoms with Gasteiger partial charge in [0.2, 0.25) is 5.76 Å². The fourth-order valence-corrected chi connectivity index (χ4v) is 1.67. The zero-order chi connectivity index (χ0) is 16.7. The van der Waals surface area contributed by atoms with Crippen LogP contribution in [-0.2, 0) is 0 Å². The Bertz CT molecular complexity index is 714. The van der Waals surface area contributed by atoms with E-state index >= 15 is 0 Å². The van der Waals surface area contributed by atoms with E-state index in [1.54, 1.807) is 37.5 Å². The number of furan rings is 1. The Balaban J connectivity index is 2.10. The minimum absolute atomic E-state index is 0.113. The highest BCUT2D eigenvalue weighted by atomic mass is 32.1. The van der Waals surface area contributed by atoms with Crippen molar-refractivity contribution in [3.8, 4) is 11.5 Å². The van der Waals surface area contributed by atoms with Crippen LogP contribution in [-0.4, -0.2) is 31.5 Å². The van der Waals surface area contributed by atoms with E-state index in [4.69, 9.17) is 26.1 Å². The fourth-order valence-electron chi connectivity index (χ4n) is 1.62. The van der Waals surface area contributed by atoms with Crippen LogP contribution in [0.3, 0.4) is 0 Å². The lowest BCUT2D eigenvalue weighted by Gasteiger charge is -2.09. The van der Waals surface area contributed by atoms with Gasteiger partial charge >= 0.3 is 5.97 Å². The molecule has 2 rings (SSSR count). The number of carbonyl (C=O) groups is 1. The molecule has 1 aromatic carbocycles. The summed E-state index contributed by atoms with van der Waals surface area (Å²) in [6, 6.07) is 8.14. The van der Waals surface area contributed by atoms with Gasteiger partial charge < -0.3 is 19.2 Å². The average molecular weight is 333 g/mol. The lowest BCUT2D eigenvalue weighted by atomic mass is 10.2. The minimum atomic E-state index is -0.601. The van der Waals surface area contributed by atoms with Crippen molar-refractivity contribution in [2.75, 3.05) is 14.2 Å². The van der Waals surface area contributed by atoms with Crippen molar-refractivity contribution in [1.29, 1.82) is 0 Å². The molecule has 0 saturated carbocycles. The van der Waals surface area contributed by atoms with E-state index in [1.165, 1.54) is 19.4 Å². The van der Waals surface area contributed by atoms with Crippen molar-refractivity contribution in [2.24, 2.45) is 5.10 Å². The van der Waals surface area contributed by atoms with E-state index in [-0.39, 0.29) is 11.5 Å². The molecule has 0 atom stereocenters. The number of ether oxygens (including phenoxy) is 2. The molecule has 0 radical (unpaired) electrons. The first-order chi connectivity index (χ1) is 11.1. The molecule has 23 heavy (non-hydrogen) atoms. The van der Waals surface area contributed by atoms with Gasteiger partial charge in [-0.1, -0.05) is 0 Å². The Morgan fingerprint density at radius 1 is 1.35 bits per heavy atom. The average Bonchev–Trinajstić information content (AvgIpc) is 3.10. The third kappa shape index (κ3) is 4.55. The maximum absolute atomic E-state index is 11.9. The number of esters is 1. The topological polar surface area (TPSA) is 85.1 Å². The number of methoxy groups -OCH3 is 1. The highest BCUT2D eigenvalue weighted by Gasteiger charge is 2.14. The van der Waals surface area contributed by atoms with Gasteiger partial charge in [0.15, 0.2) is 16.6 Å². The van der Waals surface area contributed by atoms with Gasteiger partial charge in [0.1, 0.15) is 0 Å². The van der Waals surface area contributed by atoms with Crippen LogP contribution in [0.25, 0.3) is 0 Å². The molecule has 1 heterocycles. The van der Waals surface area contributed by atoms with Gasteiger partial charge in [-0.2, -0.15) is 5.10 Å². The molecule has 0 fully saturated rings. The predicted octanol–water partition coefficient (Wildman–Crippen LogP) is 1.94. The van der Waals surface area contributed by atoms with Gasteiger partial charge in [-0.3, -0.25) is 5.43 Å². The van der Waals surface area contributed by atoms with Gasteiger partial charge in [-0.25, -0.2) is 4.79 Å². The second-order valence-corrected chi connectivity index (χ2v) is 4.63. The smallest absolute Gasteiger partial charge is 0.379 e. The molecule has 1 aromatic heterocycles. The van der Waals surface area contributed by atoms with Crippen molar-refractivity contribution in [2.45, 2.75) is 0 Å². The summed E-state index contributed by atoms with van der Waals surface area (Å²) in [5.74, 6) is 0.188. The standard InChI is InChI=1S/C15H15N3O4S/c1-16-15(23)18-17-9-10-5-6-11(13(8-10)20-2)22-14(19)12-4-3-7-21-12/h3-9H,1-2H3,(H2,16,18,23)/b17-9-. The number of carbonyl (C=O) groups excluding carboxylic acids is 1. The second kappa shape index (κ2) is 7.95. The molecule has 0 saturated heterocycles. The summed E-state index contributed by atoms with van der Waals surface area (Å²) in [7, 11) is 3.17. The highest BCUT2D eigenvalue weighted by molar-refractivity contribution is 7.80. The summed E-state index contributed by atoms with van der Waals surface area (Å²) in [6.45, 7) is 0. The molecule has 0 spiro atoms. The molecule has 0 aliphatic rings. The number of hydrazone groups is 1. The normalized spacial score (nSPS) is 10.3. The third-order valence-corrected chi connectivity index (χ3v) is 3.01. The molecule has 0 aliphatic heterocycles. The van der Waals surface area contributed by atoms with Gasteiger partial charge in [-0.05, 0) is 48.1 Å². The van der Waals surface area contributed by atoms with Crippen LogP contribution in [0.2, 0.25) is 0 Å². The molecular weight excluding hydrogens is 318 g/mol. The van der Waals surface area contributed by atoms with Gasteiger partial charge in [0.25, 0.3) is 0 Å². The van der Waals surface area contributed by atoms with Crippen LogP contribution >= 0.6 is 12.2 Å². The molecule has 7 nitrogen and oxygen atoms in total. The van der Waals surface area contributed by atoms with Crippen molar-refractivity contribution >= 4 is 29.5 Å². The number of hydrogen-bond donors (Lipinski definition) is 2. The van der Waals surface area contributed by atoms with Crippen molar-refractivity contribution in [1.82, 2.24) is 10.7 Å². The Kier molecular flexibility index (Phi) is 5.70. The van der Waals surface area contributed by atoms with E-state index in [0.717, 1.165) is 5.56 Å². The maximum Gasteiger partial charge on any atom is 0.379 e. The highest BCUT2D eigenvalue weighted by Crippen LogP contribution is 2.28. The van der Waals surface area contributed by atoms with Crippen LogP contribution in [0.1, 0.15) is 16.1 Å². The maximum atomic E-state index is 11.9. The second-order valence-electron chi connectivity index (χ2n) is 4.23. The van der Waals surface area contributed by atoms with Crippen molar-refractivity contribution in [3.05, 3.63) is 47.9 Å². The molecule has 2 N–H and O–H groups in total.